The van der Waals surface area contributed by atoms with Crippen molar-refractivity contribution >= 4 is 28.0 Å². The Kier molecular flexibility index (Phi) is 4.84. The minimum Gasteiger partial charge on any atom is -0.341 e. The first-order valence-electron chi connectivity index (χ1n) is 10.6. The molecule has 1 fully saturated rings. The molecule has 1 aliphatic rings. The largest absolute Gasteiger partial charge is 0.341 e. The number of nitrogens with one attached hydrogen (secondary N) is 1. The molecule has 0 unspecified atom stereocenters. The van der Waals surface area contributed by atoms with Crippen molar-refractivity contribution in [2.24, 2.45) is 0 Å². The van der Waals surface area contributed by atoms with E-state index in [4.69, 9.17) is 0 Å². The van der Waals surface area contributed by atoms with Crippen LogP contribution in [0, 0.1) is 13.8 Å². The minimum atomic E-state index is -0.304. The standard InChI is InChI=1S/C22H23N7O3/c1-13-11-18(30)28(17-6-4-3-5-16(13)17)12-19(31)27-9-7-15(8-10-27)29-21-20(25-26-29)22(32)24-14(2)23-21/h3-6,11,15H,7-10,12H2,1-2H3,(H,23,24,32). The number of benzene rings is 1. The number of para-hydroxylation sites is 1. The average Bonchev–Trinajstić information content (AvgIpc) is 3.21. The number of hydrogen-bond donors (Lipinski definition) is 1. The molecule has 0 atom stereocenters. The van der Waals surface area contributed by atoms with E-state index in [1.165, 1.54) is 0 Å². The number of hydrogen-bond acceptors (Lipinski definition) is 6. The van der Waals surface area contributed by atoms with Gasteiger partial charge in [-0.1, -0.05) is 23.4 Å². The number of carbonyl (C=O) groups is 1. The predicted molar refractivity (Wildman–Crippen MR) is 118 cm³/mol. The third-order valence-corrected chi connectivity index (χ3v) is 6.14. The Morgan fingerprint density at radius 3 is 2.69 bits per heavy atom. The van der Waals surface area contributed by atoms with Crippen molar-refractivity contribution in [3.05, 3.63) is 62.4 Å². The molecule has 4 heterocycles. The molecule has 3 aromatic heterocycles. The van der Waals surface area contributed by atoms with Gasteiger partial charge in [0.2, 0.25) is 5.91 Å². The van der Waals surface area contributed by atoms with Gasteiger partial charge in [0.1, 0.15) is 12.4 Å². The zero-order chi connectivity index (χ0) is 22.4. The summed E-state index contributed by atoms with van der Waals surface area (Å²) >= 11 is 0. The van der Waals surface area contributed by atoms with Crippen LogP contribution in [0.5, 0.6) is 0 Å². The summed E-state index contributed by atoms with van der Waals surface area (Å²) in [4.78, 5) is 46.5. The van der Waals surface area contributed by atoms with Crippen molar-refractivity contribution in [1.29, 1.82) is 0 Å². The maximum atomic E-state index is 13.0. The summed E-state index contributed by atoms with van der Waals surface area (Å²) in [5, 5.41) is 9.09. The minimum absolute atomic E-state index is 0.000627. The van der Waals surface area contributed by atoms with Crippen LogP contribution in [0.3, 0.4) is 0 Å². The molecule has 10 heteroatoms. The van der Waals surface area contributed by atoms with E-state index >= 15 is 0 Å². The monoisotopic (exact) mass is 433 g/mol. The summed E-state index contributed by atoms with van der Waals surface area (Å²) in [6, 6.07) is 9.20. The van der Waals surface area contributed by atoms with E-state index in [9.17, 15) is 14.4 Å². The fraction of sp³-hybridized carbons (Fsp3) is 0.364. The van der Waals surface area contributed by atoms with Crippen LogP contribution in [0.2, 0.25) is 0 Å². The van der Waals surface area contributed by atoms with Crippen molar-refractivity contribution in [1.82, 2.24) is 34.4 Å². The van der Waals surface area contributed by atoms with Crippen LogP contribution < -0.4 is 11.1 Å². The molecule has 164 valence electrons. The van der Waals surface area contributed by atoms with Gasteiger partial charge in [-0.05, 0) is 38.3 Å². The van der Waals surface area contributed by atoms with Crippen molar-refractivity contribution in [3.8, 4) is 0 Å². The lowest BCUT2D eigenvalue weighted by molar-refractivity contribution is -0.133. The maximum absolute atomic E-state index is 13.0. The smallest absolute Gasteiger partial charge is 0.281 e. The number of fused-ring (bicyclic) bond motifs is 2. The zero-order valence-corrected chi connectivity index (χ0v) is 17.9. The normalized spacial score (nSPS) is 15.0. The van der Waals surface area contributed by atoms with Gasteiger partial charge < -0.3 is 9.88 Å². The lowest BCUT2D eigenvalue weighted by atomic mass is 10.1. The van der Waals surface area contributed by atoms with Gasteiger partial charge in [-0.15, -0.1) is 5.10 Å². The Bertz CT molecular complexity index is 1460. The van der Waals surface area contributed by atoms with E-state index in [1.54, 1.807) is 27.1 Å². The quantitative estimate of drug-likeness (QED) is 0.520. The summed E-state index contributed by atoms with van der Waals surface area (Å²) in [6.07, 6.45) is 1.34. The number of amides is 1. The number of aromatic amines is 1. The Labute approximate surface area is 182 Å². The SMILES string of the molecule is Cc1nc2c(nnn2C2CCN(C(=O)Cn3c(=O)cc(C)c4ccccc43)CC2)c(=O)[nH]1. The lowest BCUT2D eigenvalue weighted by Crippen LogP contribution is -2.42. The summed E-state index contributed by atoms with van der Waals surface area (Å²) in [5.74, 6) is 0.419. The number of rotatable bonds is 3. The summed E-state index contributed by atoms with van der Waals surface area (Å²) in [5.41, 5.74) is 1.88. The second-order valence-electron chi connectivity index (χ2n) is 8.24. The number of carbonyl (C=O) groups excluding carboxylic acids is 1. The molecule has 0 spiro atoms. The highest BCUT2D eigenvalue weighted by atomic mass is 16.2. The Hall–Kier alpha value is -3.82. The van der Waals surface area contributed by atoms with Crippen molar-refractivity contribution in [2.75, 3.05) is 13.1 Å². The van der Waals surface area contributed by atoms with Gasteiger partial charge in [0.05, 0.1) is 11.6 Å². The first kappa shape index (κ1) is 20.1. The van der Waals surface area contributed by atoms with Crippen LogP contribution in [0.1, 0.15) is 30.3 Å². The molecule has 32 heavy (non-hydrogen) atoms. The Balaban J connectivity index is 1.34. The van der Waals surface area contributed by atoms with E-state index in [1.807, 2.05) is 31.2 Å². The molecule has 0 bridgehead atoms. The molecule has 1 amide bonds. The Morgan fingerprint density at radius 2 is 1.91 bits per heavy atom. The molecule has 1 aromatic carbocycles. The van der Waals surface area contributed by atoms with Gasteiger partial charge in [-0.25, -0.2) is 9.67 Å². The predicted octanol–water partition coefficient (Wildman–Crippen LogP) is 1.31. The van der Waals surface area contributed by atoms with Gasteiger partial charge in [0.25, 0.3) is 11.1 Å². The zero-order valence-electron chi connectivity index (χ0n) is 17.9. The Morgan fingerprint density at radius 1 is 1.16 bits per heavy atom. The van der Waals surface area contributed by atoms with Gasteiger partial charge >= 0.3 is 0 Å². The molecule has 0 saturated carbocycles. The van der Waals surface area contributed by atoms with Crippen LogP contribution in [-0.2, 0) is 11.3 Å². The van der Waals surface area contributed by atoms with Gasteiger partial charge in [0, 0.05) is 24.5 Å². The van der Waals surface area contributed by atoms with Crippen LogP contribution in [0.25, 0.3) is 22.1 Å². The number of aromatic nitrogens is 6. The molecule has 0 radical (unpaired) electrons. The third-order valence-electron chi connectivity index (χ3n) is 6.14. The molecule has 1 N–H and O–H groups in total. The highest BCUT2D eigenvalue weighted by Gasteiger charge is 2.27. The second kappa shape index (κ2) is 7.70. The molecule has 0 aliphatic carbocycles. The number of likely N-dealkylation sites (tertiary alicyclic amines) is 1. The van der Waals surface area contributed by atoms with E-state index in [0.717, 1.165) is 16.5 Å². The lowest BCUT2D eigenvalue weighted by Gasteiger charge is -2.32. The van der Waals surface area contributed by atoms with Crippen LogP contribution in [-0.4, -0.2) is 53.4 Å². The number of H-pyrrole nitrogens is 1. The topological polar surface area (TPSA) is 119 Å². The summed E-state index contributed by atoms with van der Waals surface area (Å²) in [6.45, 7) is 4.69. The van der Waals surface area contributed by atoms with E-state index in [2.05, 4.69) is 20.3 Å². The molecule has 5 rings (SSSR count). The summed E-state index contributed by atoms with van der Waals surface area (Å²) in [7, 11) is 0. The average molecular weight is 433 g/mol. The van der Waals surface area contributed by atoms with Gasteiger partial charge in [0.15, 0.2) is 11.2 Å². The molecule has 1 saturated heterocycles. The van der Waals surface area contributed by atoms with Crippen LogP contribution >= 0.6 is 0 Å². The fourth-order valence-electron chi connectivity index (χ4n) is 4.46. The number of piperidine rings is 1. The third kappa shape index (κ3) is 3.37. The second-order valence-corrected chi connectivity index (χ2v) is 8.24. The van der Waals surface area contributed by atoms with E-state index < -0.39 is 0 Å². The maximum Gasteiger partial charge on any atom is 0.281 e. The van der Waals surface area contributed by atoms with Crippen molar-refractivity contribution in [2.45, 2.75) is 39.3 Å². The number of nitrogens with zero attached hydrogens (tertiary/aromatic N) is 6. The molecular weight excluding hydrogens is 410 g/mol. The molecule has 4 aromatic rings. The highest BCUT2D eigenvalue weighted by molar-refractivity contribution is 5.84. The molecule has 1 aliphatic heterocycles. The fourth-order valence-corrected chi connectivity index (χ4v) is 4.46. The van der Waals surface area contributed by atoms with Crippen LogP contribution in [0.15, 0.2) is 39.9 Å². The number of aryl methyl sites for hydroxylation is 2. The van der Waals surface area contributed by atoms with Crippen molar-refractivity contribution < 1.29 is 4.79 Å². The first-order valence-corrected chi connectivity index (χ1v) is 10.6. The molecular formula is C22H23N7O3. The van der Waals surface area contributed by atoms with Gasteiger partial charge in [-0.2, -0.15) is 0 Å². The number of pyridine rings is 1. The first-order chi connectivity index (χ1) is 15.4. The molecule has 10 nitrogen and oxygen atoms in total. The van der Waals surface area contributed by atoms with Gasteiger partial charge in [-0.3, -0.25) is 19.0 Å². The summed E-state index contributed by atoms with van der Waals surface area (Å²) < 4.78 is 3.23. The van der Waals surface area contributed by atoms with Crippen molar-refractivity contribution in [3.63, 3.8) is 0 Å². The highest BCUT2D eigenvalue weighted by Crippen LogP contribution is 2.24. The van der Waals surface area contributed by atoms with E-state index in [-0.39, 0.29) is 35.1 Å². The van der Waals surface area contributed by atoms with E-state index in [0.29, 0.717) is 37.4 Å². The van der Waals surface area contributed by atoms with Crippen LogP contribution in [0.4, 0.5) is 0 Å².